The molecule has 0 heterocycles. The van der Waals surface area contributed by atoms with Crippen molar-refractivity contribution < 1.29 is 34.1 Å². The van der Waals surface area contributed by atoms with Crippen LogP contribution in [0.2, 0.25) is 0 Å². The first kappa shape index (κ1) is 41.5. The molecule has 4 heteroatoms. The van der Waals surface area contributed by atoms with Crippen LogP contribution in [-0.4, -0.2) is 28.3 Å². The molecule has 0 nitrogen and oxygen atoms in total. The van der Waals surface area contributed by atoms with Crippen LogP contribution < -0.4 is 0 Å². The Kier molecular flexibility index (Phi) is 223. The molecule has 0 aromatic carbocycles. The number of hydrogen-bond acceptors (Lipinski definition) is 0. The standard InChI is InChI=1S/Al.2Fe.H3Si.2H/h;;;1H3;;. The molecule has 2 radical (unpaired) electrons. The maximum atomic E-state index is 0. The summed E-state index contributed by atoms with van der Waals surface area (Å²) in [5, 5.41) is 0. The summed E-state index contributed by atoms with van der Waals surface area (Å²) in [7, 11) is 0. The van der Waals surface area contributed by atoms with Gasteiger partial charge in [0.2, 0.25) is 0 Å². The molecule has 0 saturated carbocycles. The van der Waals surface area contributed by atoms with Gasteiger partial charge in [0, 0.05) is 34.1 Å². The maximum Gasteiger partial charge on any atom is 0.146 e. The topological polar surface area (TPSA) is 0 Å². The summed E-state index contributed by atoms with van der Waals surface area (Å²) in [6.07, 6.45) is 0. The third kappa shape index (κ3) is 9.21. The first-order valence-corrected chi connectivity index (χ1v) is 0. The van der Waals surface area contributed by atoms with Gasteiger partial charge in [0.15, 0.2) is 0 Å². The molecule has 0 saturated heterocycles. The largest absolute Gasteiger partial charge is 0.146 e. The van der Waals surface area contributed by atoms with Gasteiger partial charge in [0.05, 0.1) is 0 Å². The van der Waals surface area contributed by atoms with E-state index >= 15 is 0 Å². The molecule has 28 valence electrons. The van der Waals surface area contributed by atoms with E-state index in [0.29, 0.717) is 0 Å². The second kappa shape index (κ2) is 21.5. The van der Waals surface area contributed by atoms with Crippen LogP contribution in [0.5, 0.6) is 0 Å². The molecule has 0 N–H and O–H groups in total. The Labute approximate surface area is 62.2 Å². The maximum absolute atomic E-state index is 0. The Bertz CT molecular complexity index is 6.00. The molecule has 0 aliphatic rings. The second-order valence-electron chi connectivity index (χ2n) is 0. The van der Waals surface area contributed by atoms with Crippen LogP contribution in [0.25, 0.3) is 0 Å². The number of rotatable bonds is 0. The smallest absolute Gasteiger partial charge is 0.0125 e. The van der Waals surface area contributed by atoms with Gasteiger partial charge in [-0.15, -0.1) is 0 Å². The third-order valence-corrected chi connectivity index (χ3v) is 0. The van der Waals surface area contributed by atoms with E-state index in [1.807, 2.05) is 0 Å². The van der Waals surface area contributed by atoms with Crippen molar-refractivity contribution in [3.63, 3.8) is 0 Å². The molecule has 0 aromatic rings. The van der Waals surface area contributed by atoms with E-state index < -0.39 is 0 Å². The average molecular weight is 172 g/mol. The van der Waals surface area contributed by atoms with Crippen molar-refractivity contribution in [2.45, 2.75) is 0 Å². The first-order valence-electron chi connectivity index (χ1n) is 0. The monoisotopic (exact) mass is 172 g/mol. The fourth-order valence-corrected chi connectivity index (χ4v) is 0. The van der Waals surface area contributed by atoms with E-state index in [4.69, 9.17) is 0 Å². The summed E-state index contributed by atoms with van der Waals surface area (Å²) < 4.78 is 0. The first-order chi connectivity index (χ1) is 0. The van der Waals surface area contributed by atoms with E-state index in [9.17, 15) is 0 Å². The average Bonchev–Trinajstić information content (AvgIpc) is 0. The van der Waals surface area contributed by atoms with Crippen LogP contribution in [0.15, 0.2) is 0 Å². The van der Waals surface area contributed by atoms with Crippen molar-refractivity contribution in [2.75, 3.05) is 0 Å². The molecule has 0 aromatic heterocycles. The predicted octanol–water partition coefficient (Wildman–Crippen LogP) is -2.11. The summed E-state index contributed by atoms with van der Waals surface area (Å²) in [4.78, 5) is 0. The summed E-state index contributed by atoms with van der Waals surface area (Å²) in [6.45, 7) is 0. The van der Waals surface area contributed by atoms with Gasteiger partial charge in [0.1, 0.15) is 17.4 Å². The van der Waals surface area contributed by atoms with E-state index in [2.05, 4.69) is 0 Å². The van der Waals surface area contributed by atoms with E-state index in [1.165, 1.54) is 0 Å². The molecular formula is H5AlFe2Si. The van der Waals surface area contributed by atoms with E-state index in [1.54, 1.807) is 0 Å². The second-order valence-corrected chi connectivity index (χ2v) is 0. The van der Waals surface area contributed by atoms with Crippen molar-refractivity contribution in [3.05, 3.63) is 0 Å². The fourth-order valence-electron chi connectivity index (χ4n) is 0. The molecule has 0 spiro atoms. The molecule has 0 unspecified atom stereocenters. The van der Waals surface area contributed by atoms with Gasteiger partial charge >= 0.3 is 0 Å². The van der Waals surface area contributed by atoms with E-state index in [-0.39, 0.29) is 62.5 Å². The minimum Gasteiger partial charge on any atom is -0.0125 e. The molecule has 0 rings (SSSR count). The van der Waals surface area contributed by atoms with Gasteiger partial charge < -0.3 is 0 Å². The summed E-state index contributed by atoms with van der Waals surface area (Å²) in [5.74, 6) is 0. The normalized spacial score (nSPS) is 0. The van der Waals surface area contributed by atoms with E-state index in [0.717, 1.165) is 0 Å². The van der Waals surface area contributed by atoms with Crippen molar-refractivity contribution in [2.24, 2.45) is 0 Å². The minimum atomic E-state index is 0. The van der Waals surface area contributed by atoms with Crippen LogP contribution in [0.1, 0.15) is 0 Å². The Morgan fingerprint density at radius 3 is 0.750 bits per heavy atom. The number of hydrogen-bond donors (Lipinski definition) is 0. The quantitative estimate of drug-likeness (QED) is 0.367. The van der Waals surface area contributed by atoms with Crippen LogP contribution >= 0.6 is 0 Å². The van der Waals surface area contributed by atoms with Crippen LogP contribution in [-0.2, 0) is 34.1 Å². The van der Waals surface area contributed by atoms with Crippen molar-refractivity contribution in [1.82, 2.24) is 0 Å². The van der Waals surface area contributed by atoms with Gasteiger partial charge in [-0.2, -0.15) is 0 Å². The Morgan fingerprint density at radius 1 is 0.750 bits per heavy atom. The Hall–Kier alpha value is 1.79. The van der Waals surface area contributed by atoms with Gasteiger partial charge in [-0.3, -0.25) is 0 Å². The molecular weight excluding hydrogens is 167 g/mol. The SMILES string of the molecule is [AlH2].[Fe].[Fe].[SiH3]. The van der Waals surface area contributed by atoms with Crippen LogP contribution in [0.3, 0.4) is 0 Å². The van der Waals surface area contributed by atoms with Gasteiger partial charge in [-0.25, -0.2) is 0 Å². The summed E-state index contributed by atoms with van der Waals surface area (Å²) >= 11 is 0. The summed E-state index contributed by atoms with van der Waals surface area (Å²) in [6, 6.07) is 0. The third-order valence-electron chi connectivity index (χ3n) is 0. The van der Waals surface area contributed by atoms with Crippen molar-refractivity contribution in [3.8, 4) is 0 Å². The van der Waals surface area contributed by atoms with Gasteiger partial charge in [-0.1, -0.05) is 0 Å². The molecule has 0 fully saturated rings. The van der Waals surface area contributed by atoms with Gasteiger partial charge in [-0.05, 0) is 11.0 Å². The Morgan fingerprint density at radius 2 is 0.750 bits per heavy atom. The molecule has 0 aliphatic heterocycles. The Balaban J connectivity index is 0. The summed E-state index contributed by atoms with van der Waals surface area (Å²) in [5.41, 5.74) is 0. The van der Waals surface area contributed by atoms with Crippen molar-refractivity contribution >= 4 is 28.3 Å². The predicted molar refractivity (Wildman–Crippen MR) is 18.5 cm³/mol. The van der Waals surface area contributed by atoms with Gasteiger partial charge in [0.25, 0.3) is 0 Å². The molecule has 0 amide bonds. The molecule has 0 aliphatic carbocycles. The fraction of sp³-hybridized carbons (Fsp3) is 0. The molecule has 0 bridgehead atoms. The van der Waals surface area contributed by atoms with Crippen LogP contribution in [0.4, 0.5) is 0 Å². The molecule has 0 atom stereocenters. The molecule has 4 heavy (non-hydrogen) atoms. The zero-order valence-corrected chi connectivity index (χ0v) is 8.92. The van der Waals surface area contributed by atoms with Crippen LogP contribution in [0, 0.1) is 0 Å². The minimum absolute atomic E-state index is 0. The zero-order valence-electron chi connectivity index (χ0n) is 2.71. The zero-order chi connectivity index (χ0) is 0. The van der Waals surface area contributed by atoms with Crippen molar-refractivity contribution in [1.29, 1.82) is 0 Å².